The van der Waals surface area contributed by atoms with E-state index in [4.69, 9.17) is 18.9 Å². The zero-order valence-corrected chi connectivity index (χ0v) is 13.5. The maximum absolute atomic E-state index is 10.8. The van der Waals surface area contributed by atoms with Gasteiger partial charge in [0.25, 0.3) is 0 Å². The van der Waals surface area contributed by atoms with E-state index < -0.39 is 0 Å². The maximum atomic E-state index is 10.8. The fraction of sp³-hybridized carbons (Fsp3) is 0.600. The molecule has 0 spiro atoms. The molecule has 2 N–H and O–H groups in total. The van der Waals surface area contributed by atoms with Gasteiger partial charge in [-0.05, 0) is 19.1 Å². The minimum atomic E-state index is -0.279. The summed E-state index contributed by atoms with van der Waals surface area (Å²) in [4.78, 5) is 21.6. The van der Waals surface area contributed by atoms with Crippen LogP contribution in [-0.2, 0) is 28.5 Å². The van der Waals surface area contributed by atoms with E-state index in [2.05, 4.69) is 23.8 Å². The lowest BCUT2D eigenvalue weighted by molar-refractivity contribution is -0.119. The van der Waals surface area contributed by atoms with E-state index in [1.165, 1.54) is 12.2 Å². The maximum Gasteiger partial charge on any atom is 0.245 e. The molecule has 0 radical (unpaired) electrons. The molecule has 0 fully saturated rings. The van der Waals surface area contributed by atoms with Crippen molar-refractivity contribution in [3.8, 4) is 0 Å². The average molecular weight is 330 g/mol. The van der Waals surface area contributed by atoms with Crippen molar-refractivity contribution in [1.82, 2.24) is 10.6 Å². The van der Waals surface area contributed by atoms with E-state index in [0.29, 0.717) is 33.0 Å². The van der Waals surface area contributed by atoms with Gasteiger partial charge in [-0.3, -0.25) is 9.59 Å². The molecule has 0 heterocycles. The van der Waals surface area contributed by atoms with Crippen LogP contribution in [0.1, 0.15) is 6.92 Å². The Balaban J connectivity index is 3.29. The summed E-state index contributed by atoms with van der Waals surface area (Å²) in [5, 5.41) is 4.97. The van der Waals surface area contributed by atoms with Crippen LogP contribution in [0, 0.1) is 0 Å². The van der Waals surface area contributed by atoms with Crippen LogP contribution in [0.3, 0.4) is 0 Å². The Bertz CT molecular complexity index is 362. The molecule has 0 aliphatic rings. The Hall–Kier alpha value is -1.74. The van der Waals surface area contributed by atoms with Gasteiger partial charge in [-0.25, -0.2) is 0 Å². The molecule has 0 rings (SSSR count). The van der Waals surface area contributed by atoms with Crippen molar-refractivity contribution in [1.29, 1.82) is 0 Å². The number of amides is 2. The molecule has 2 amide bonds. The van der Waals surface area contributed by atoms with Crippen molar-refractivity contribution in [2.75, 3.05) is 46.5 Å². The van der Waals surface area contributed by atoms with E-state index in [0.717, 1.165) is 0 Å². The summed E-state index contributed by atoms with van der Waals surface area (Å²) in [6.07, 6.45) is 2.27. The van der Waals surface area contributed by atoms with E-state index in [1.807, 2.05) is 6.92 Å². The van der Waals surface area contributed by atoms with Gasteiger partial charge in [-0.15, -0.1) is 0 Å². The van der Waals surface area contributed by atoms with Crippen LogP contribution in [-0.4, -0.2) is 64.4 Å². The lowest BCUT2D eigenvalue weighted by Crippen LogP contribution is -2.26. The second-order valence-corrected chi connectivity index (χ2v) is 4.35. The van der Waals surface area contributed by atoms with Crippen LogP contribution in [0.25, 0.3) is 0 Å². The molecular weight excluding hydrogens is 304 g/mol. The molecule has 1 unspecified atom stereocenters. The molecule has 0 aromatic carbocycles. The standard InChI is InChI=1S/C15H26N2O6/c1-4-14(18)16-11-21-7-6-20-10-13(3)23-9-8-22-12-17-15(19)5-2/h4-5,13H,1-2,6-12H2,3H3,(H,16,18)(H,17,19). The summed E-state index contributed by atoms with van der Waals surface area (Å²) in [6, 6.07) is 0. The molecule has 0 aromatic heterocycles. The third-order valence-electron chi connectivity index (χ3n) is 2.42. The van der Waals surface area contributed by atoms with E-state index in [9.17, 15) is 9.59 Å². The second kappa shape index (κ2) is 15.2. The molecule has 0 aliphatic heterocycles. The van der Waals surface area contributed by atoms with E-state index in [-0.39, 0.29) is 31.4 Å². The highest BCUT2D eigenvalue weighted by Crippen LogP contribution is 1.92. The summed E-state index contributed by atoms with van der Waals surface area (Å²) >= 11 is 0. The highest BCUT2D eigenvalue weighted by molar-refractivity contribution is 5.86. The minimum Gasteiger partial charge on any atom is -0.376 e. The normalized spacial score (nSPS) is 11.5. The highest BCUT2D eigenvalue weighted by Gasteiger charge is 2.02. The van der Waals surface area contributed by atoms with Crippen molar-refractivity contribution in [3.05, 3.63) is 25.3 Å². The van der Waals surface area contributed by atoms with Gasteiger partial charge in [0.2, 0.25) is 11.8 Å². The van der Waals surface area contributed by atoms with Crippen LogP contribution < -0.4 is 10.6 Å². The Morgan fingerprint density at radius 2 is 1.39 bits per heavy atom. The fourth-order valence-corrected chi connectivity index (χ4v) is 1.26. The minimum absolute atomic E-state index is 0.0816. The number of rotatable bonds is 15. The number of ether oxygens (including phenoxy) is 4. The van der Waals surface area contributed by atoms with Crippen molar-refractivity contribution in [3.63, 3.8) is 0 Å². The number of nitrogens with one attached hydrogen (secondary N) is 2. The van der Waals surface area contributed by atoms with Gasteiger partial charge in [-0.1, -0.05) is 13.2 Å². The molecule has 0 aliphatic carbocycles. The van der Waals surface area contributed by atoms with Crippen molar-refractivity contribution in [2.24, 2.45) is 0 Å². The molecule has 132 valence electrons. The van der Waals surface area contributed by atoms with E-state index in [1.54, 1.807) is 0 Å². The Kier molecular flexibility index (Phi) is 14.0. The fourth-order valence-electron chi connectivity index (χ4n) is 1.26. The quantitative estimate of drug-likeness (QED) is 0.249. The van der Waals surface area contributed by atoms with Gasteiger partial charge in [0, 0.05) is 0 Å². The van der Waals surface area contributed by atoms with Crippen LogP contribution >= 0.6 is 0 Å². The summed E-state index contributed by atoms with van der Waals surface area (Å²) in [6.45, 7) is 10.7. The van der Waals surface area contributed by atoms with Crippen molar-refractivity contribution in [2.45, 2.75) is 13.0 Å². The largest absolute Gasteiger partial charge is 0.376 e. The first-order valence-corrected chi connectivity index (χ1v) is 7.25. The number of hydrogen-bond acceptors (Lipinski definition) is 6. The summed E-state index contributed by atoms with van der Waals surface area (Å²) < 4.78 is 21.1. The number of carbonyl (C=O) groups excluding carboxylic acids is 2. The summed E-state index contributed by atoms with van der Waals surface area (Å²) in [5.74, 6) is -0.557. The number of carbonyl (C=O) groups is 2. The Morgan fingerprint density at radius 3 is 1.91 bits per heavy atom. The van der Waals surface area contributed by atoms with E-state index >= 15 is 0 Å². The molecule has 1 atom stereocenters. The van der Waals surface area contributed by atoms with Crippen LogP contribution in [0.5, 0.6) is 0 Å². The second-order valence-electron chi connectivity index (χ2n) is 4.35. The number of hydrogen-bond donors (Lipinski definition) is 2. The first-order valence-electron chi connectivity index (χ1n) is 7.25. The topological polar surface area (TPSA) is 95.1 Å². The smallest absolute Gasteiger partial charge is 0.245 e. The summed E-state index contributed by atoms with van der Waals surface area (Å²) in [5.41, 5.74) is 0. The van der Waals surface area contributed by atoms with Crippen molar-refractivity contribution < 1.29 is 28.5 Å². The predicted molar refractivity (Wildman–Crippen MR) is 84.6 cm³/mol. The summed E-state index contributed by atoms with van der Waals surface area (Å²) in [7, 11) is 0. The molecule has 8 nitrogen and oxygen atoms in total. The average Bonchev–Trinajstić information content (AvgIpc) is 2.56. The van der Waals surface area contributed by atoms with Gasteiger partial charge < -0.3 is 29.6 Å². The predicted octanol–water partition coefficient (Wildman–Crippen LogP) is -0.0393. The molecule has 0 saturated carbocycles. The molecule has 0 bridgehead atoms. The van der Waals surface area contributed by atoms with Crippen LogP contribution in [0.4, 0.5) is 0 Å². The zero-order chi connectivity index (χ0) is 17.3. The molecular formula is C15H26N2O6. The lowest BCUT2D eigenvalue weighted by atomic mass is 10.4. The van der Waals surface area contributed by atoms with Gasteiger partial charge in [0.05, 0.1) is 39.1 Å². The first kappa shape index (κ1) is 21.3. The van der Waals surface area contributed by atoms with Gasteiger partial charge >= 0.3 is 0 Å². The highest BCUT2D eigenvalue weighted by atomic mass is 16.6. The Morgan fingerprint density at radius 1 is 0.913 bits per heavy atom. The molecule has 0 aromatic rings. The zero-order valence-electron chi connectivity index (χ0n) is 13.5. The van der Waals surface area contributed by atoms with Gasteiger partial charge in [0.15, 0.2) is 0 Å². The molecule has 8 heteroatoms. The molecule has 23 heavy (non-hydrogen) atoms. The van der Waals surface area contributed by atoms with Crippen molar-refractivity contribution >= 4 is 11.8 Å². The molecule has 0 saturated heterocycles. The lowest BCUT2D eigenvalue weighted by Gasteiger charge is -2.14. The van der Waals surface area contributed by atoms with Gasteiger partial charge in [-0.2, -0.15) is 0 Å². The van der Waals surface area contributed by atoms with Gasteiger partial charge in [0.1, 0.15) is 13.5 Å². The third kappa shape index (κ3) is 14.9. The Labute approximate surface area is 136 Å². The monoisotopic (exact) mass is 330 g/mol. The van der Waals surface area contributed by atoms with Crippen LogP contribution in [0.2, 0.25) is 0 Å². The SMILES string of the molecule is C=CC(=O)NCOCCOCC(C)OCCOCNC(=O)C=C. The van der Waals surface area contributed by atoms with Crippen LogP contribution in [0.15, 0.2) is 25.3 Å². The third-order valence-corrected chi connectivity index (χ3v) is 2.42. The first-order chi connectivity index (χ1) is 11.1.